The van der Waals surface area contributed by atoms with Crippen molar-refractivity contribution < 1.29 is 13.6 Å². The average Bonchev–Trinajstić information content (AvgIpc) is 3.42. The Kier molecular flexibility index (Phi) is 3.87. The molecule has 7 nitrogen and oxygen atoms in total. The van der Waals surface area contributed by atoms with Gasteiger partial charge in [-0.15, -0.1) is 0 Å². The van der Waals surface area contributed by atoms with E-state index in [0.717, 1.165) is 0 Å². The summed E-state index contributed by atoms with van der Waals surface area (Å²) in [5.74, 6) is 0.427. The minimum absolute atomic E-state index is 0.133. The van der Waals surface area contributed by atoms with Crippen LogP contribution in [0.5, 0.6) is 0 Å². The van der Waals surface area contributed by atoms with Crippen molar-refractivity contribution in [2.24, 2.45) is 0 Å². The van der Waals surface area contributed by atoms with Gasteiger partial charge in [-0.3, -0.25) is 9.78 Å². The maximum absolute atomic E-state index is 12.9. The van der Waals surface area contributed by atoms with Gasteiger partial charge in [0.25, 0.3) is 5.71 Å². The van der Waals surface area contributed by atoms with E-state index in [1.54, 1.807) is 48.8 Å². The fraction of sp³-hybridized carbons (Fsp3) is 0. The van der Waals surface area contributed by atoms with Gasteiger partial charge in [0.2, 0.25) is 5.89 Å². The van der Waals surface area contributed by atoms with E-state index in [1.165, 1.54) is 6.08 Å². The number of furan rings is 1. The molecule has 0 fully saturated rings. The zero-order valence-corrected chi connectivity index (χ0v) is 15.3. The minimum atomic E-state index is -0.277. The topological polar surface area (TPSA) is 117 Å². The number of carbonyl (C=O) groups excluding carboxylic acids is 1. The second-order valence-corrected chi connectivity index (χ2v) is 6.49. The number of pyridine rings is 1. The Morgan fingerprint density at radius 2 is 1.83 bits per heavy atom. The standard InChI is InChI=1S/C23H10N4O3/c24-10-14(11-25)20-16-5-1-2-6-17(16)21(28)18(20)8-15-9-19-23(29-15)27-22(30-19)13-4-3-7-26-12-13/h1-9,12H/b18-8-. The van der Waals surface area contributed by atoms with Crippen LogP contribution in [0.1, 0.15) is 21.7 Å². The van der Waals surface area contributed by atoms with Crippen molar-refractivity contribution in [3.05, 3.63) is 82.9 Å². The van der Waals surface area contributed by atoms with Gasteiger partial charge in [0, 0.05) is 35.2 Å². The number of hydrogen-bond acceptors (Lipinski definition) is 7. The second-order valence-electron chi connectivity index (χ2n) is 6.49. The number of allylic oxidation sites excluding steroid dienone is 3. The van der Waals surface area contributed by atoms with Crippen LogP contribution in [0.25, 0.3) is 34.4 Å². The number of aromatic nitrogens is 2. The summed E-state index contributed by atoms with van der Waals surface area (Å²) in [4.78, 5) is 21.3. The predicted octanol–water partition coefficient (Wildman–Crippen LogP) is 4.56. The highest BCUT2D eigenvalue weighted by Crippen LogP contribution is 2.40. The first-order chi connectivity index (χ1) is 14.7. The lowest BCUT2D eigenvalue weighted by atomic mass is 9.99. The van der Waals surface area contributed by atoms with E-state index in [4.69, 9.17) is 8.83 Å². The normalized spacial score (nSPS) is 14.0. The largest absolute Gasteiger partial charge is 0.436 e. The molecule has 0 saturated heterocycles. The zero-order chi connectivity index (χ0) is 20.7. The van der Waals surface area contributed by atoms with Gasteiger partial charge >= 0.3 is 0 Å². The van der Waals surface area contributed by atoms with Crippen molar-refractivity contribution in [1.29, 1.82) is 10.5 Å². The maximum atomic E-state index is 12.9. The van der Waals surface area contributed by atoms with E-state index >= 15 is 0 Å². The smallest absolute Gasteiger partial charge is 0.266 e. The molecule has 0 saturated carbocycles. The molecule has 0 radical (unpaired) electrons. The zero-order valence-electron chi connectivity index (χ0n) is 15.3. The molecule has 30 heavy (non-hydrogen) atoms. The molecule has 0 aliphatic heterocycles. The van der Waals surface area contributed by atoms with E-state index in [2.05, 4.69) is 9.97 Å². The van der Waals surface area contributed by atoms with Crippen LogP contribution < -0.4 is 0 Å². The van der Waals surface area contributed by atoms with Gasteiger partial charge in [-0.25, -0.2) is 0 Å². The number of nitriles is 2. The molecule has 1 aliphatic carbocycles. The van der Waals surface area contributed by atoms with Crippen LogP contribution in [0.4, 0.5) is 0 Å². The van der Waals surface area contributed by atoms with Gasteiger partial charge in [0.1, 0.15) is 23.5 Å². The molecule has 0 amide bonds. The molecule has 140 valence electrons. The molecule has 0 atom stereocenters. The quantitative estimate of drug-likeness (QED) is 0.364. The summed E-state index contributed by atoms with van der Waals surface area (Å²) in [5, 5.41) is 18.8. The van der Waals surface area contributed by atoms with Crippen LogP contribution in [0, 0.1) is 22.7 Å². The van der Waals surface area contributed by atoms with Gasteiger partial charge in [-0.1, -0.05) is 24.3 Å². The molecule has 5 rings (SSSR count). The molecule has 4 aromatic rings. The third-order valence-electron chi connectivity index (χ3n) is 4.73. The van der Waals surface area contributed by atoms with E-state index in [9.17, 15) is 15.3 Å². The van der Waals surface area contributed by atoms with E-state index in [1.807, 2.05) is 18.2 Å². The monoisotopic (exact) mass is 390 g/mol. The molecule has 0 bridgehead atoms. The highest BCUT2D eigenvalue weighted by Gasteiger charge is 2.32. The van der Waals surface area contributed by atoms with E-state index in [-0.39, 0.29) is 22.6 Å². The van der Waals surface area contributed by atoms with E-state index in [0.29, 0.717) is 39.5 Å². The fourth-order valence-electron chi connectivity index (χ4n) is 3.43. The van der Waals surface area contributed by atoms with Crippen LogP contribution in [0.15, 0.2) is 74.8 Å². The molecular weight excluding hydrogens is 380 g/mol. The summed E-state index contributed by atoms with van der Waals surface area (Å²) in [6.07, 6.45) is 4.79. The Hall–Kier alpha value is -4.75. The van der Waals surface area contributed by atoms with Crippen molar-refractivity contribution in [3.63, 3.8) is 0 Å². The first-order valence-electron chi connectivity index (χ1n) is 8.91. The van der Waals surface area contributed by atoms with E-state index < -0.39 is 0 Å². The highest BCUT2D eigenvalue weighted by atomic mass is 16.4. The summed E-state index contributed by atoms with van der Waals surface area (Å²) in [6, 6.07) is 15.8. The van der Waals surface area contributed by atoms with Gasteiger partial charge < -0.3 is 8.83 Å². The number of carbonyl (C=O) groups is 1. The SMILES string of the molecule is N#CC(C#N)=C1/C(=C/c2cc3oc(-c4cccnc4)nc3o2)C(=O)c2ccccc21. The number of fused-ring (bicyclic) bond motifs is 2. The van der Waals surface area contributed by atoms with Crippen LogP contribution in [-0.2, 0) is 0 Å². The molecule has 3 aromatic heterocycles. The molecule has 0 N–H and O–H groups in total. The van der Waals surface area contributed by atoms with Crippen molar-refractivity contribution in [2.75, 3.05) is 0 Å². The third-order valence-corrected chi connectivity index (χ3v) is 4.73. The molecule has 1 aromatic carbocycles. The Morgan fingerprint density at radius 3 is 2.53 bits per heavy atom. The number of Topliss-reactive ketones (excluding diaryl/α,β-unsaturated/α-hetero) is 1. The Labute approximate surface area is 169 Å². The van der Waals surface area contributed by atoms with Crippen LogP contribution >= 0.6 is 0 Å². The number of rotatable bonds is 2. The lowest BCUT2D eigenvalue weighted by Gasteiger charge is -2.00. The van der Waals surface area contributed by atoms with Gasteiger partial charge in [0.15, 0.2) is 11.4 Å². The Balaban J connectivity index is 1.62. The summed E-state index contributed by atoms with van der Waals surface area (Å²) in [5.41, 5.74) is 2.78. The Morgan fingerprint density at radius 1 is 1.03 bits per heavy atom. The molecule has 1 aliphatic rings. The van der Waals surface area contributed by atoms with Crippen molar-refractivity contribution in [2.45, 2.75) is 0 Å². The van der Waals surface area contributed by atoms with Gasteiger partial charge in [-0.05, 0) is 23.8 Å². The third kappa shape index (κ3) is 2.62. The van der Waals surface area contributed by atoms with Crippen molar-refractivity contribution >= 4 is 28.7 Å². The number of ketones is 1. The summed E-state index contributed by atoms with van der Waals surface area (Å²) in [6.45, 7) is 0. The number of hydrogen-bond donors (Lipinski definition) is 0. The van der Waals surface area contributed by atoms with Crippen LogP contribution in [-0.4, -0.2) is 15.8 Å². The summed E-state index contributed by atoms with van der Waals surface area (Å²) >= 11 is 0. The Bertz CT molecular complexity index is 1430. The average molecular weight is 390 g/mol. The molecule has 7 heteroatoms. The molecular formula is C23H10N4O3. The summed E-state index contributed by atoms with van der Waals surface area (Å²) in [7, 11) is 0. The lowest BCUT2D eigenvalue weighted by molar-refractivity contribution is 0.104. The molecule has 0 unspecified atom stereocenters. The number of oxazole rings is 1. The molecule has 0 spiro atoms. The maximum Gasteiger partial charge on any atom is 0.266 e. The second kappa shape index (κ2) is 6.69. The van der Waals surface area contributed by atoms with Gasteiger partial charge in [0.05, 0.1) is 5.56 Å². The van der Waals surface area contributed by atoms with Gasteiger partial charge in [-0.2, -0.15) is 15.5 Å². The molecule has 3 heterocycles. The number of benzene rings is 1. The summed E-state index contributed by atoms with van der Waals surface area (Å²) < 4.78 is 11.5. The van der Waals surface area contributed by atoms with Crippen LogP contribution in [0.3, 0.4) is 0 Å². The predicted molar refractivity (Wildman–Crippen MR) is 106 cm³/mol. The number of nitrogens with zero attached hydrogens (tertiary/aromatic N) is 4. The van der Waals surface area contributed by atoms with Crippen molar-refractivity contribution in [1.82, 2.24) is 9.97 Å². The lowest BCUT2D eigenvalue weighted by Crippen LogP contribution is -1.95. The highest BCUT2D eigenvalue weighted by molar-refractivity contribution is 6.29. The minimum Gasteiger partial charge on any atom is -0.436 e. The van der Waals surface area contributed by atoms with Crippen molar-refractivity contribution in [3.8, 4) is 23.6 Å². The first-order valence-corrected chi connectivity index (χ1v) is 8.91. The first kappa shape index (κ1) is 17.4. The van der Waals surface area contributed by atoms with Crippen LogP contribution in [0.2, 0.25) is 0 Å². The fourth-order valence-corrected chi connectivity index (χ4v) is 3.43.